The van der Waals surface area contributed by atoms with Gasteiger partial charge in [0.15, 0.2) is 0 Å². The molecule has 2 amide bonds. The van der Waals surface area contributed by atoms with Crippen molar-refractivity contribution in [2.75, 3.05) is 18.2 Å². The summed E-state index contributed by atoms with van der Waals surface area (Å²) in [6, 6.07) is 6.97. The van der Waals surface area contributed by atoms with Crippen LogP contribution in [0.15, 0.2) is 30.5 Å². The Bertz CT molecular complexity index is 1130. The molecule has 0 radical (unpaired) electrons. The summed E-state index contributed by atoms with van der Waals surface area (Å²) in [7, 11) is -3.67. The molecule has 0 saturated carbocycles. The highest BCUT2D eigenvalue weighted by atomic mass is 32.2. The third-order valence-corrected chi connectivity index (χ3v) is 6.34. The summed E-state index contributed by atoms with van der Waals surface area (Å²) in [4.78, 5) is 16.7. The molecular formula is C23H29N3O5S. The van der Waals surface area contributed by atoms with Gasteiger partial charge in [0.2, 0.25) is 15.9 Å². The Morgan fingerprint density at radius 2 is 2.06 bits per heavy atom. The number of sulfonamides is 1. The van der Waals surface area contributed by atoms with Crippen LogP contribution >= 0.6 is 0 Å². The van der Waals surface area contributed by atoms with Crippen LogP contribution in [0.2, 0.25) is 0 Å². The molecule has 0 spiro atoms. The minimum absolute atomic E-state index is 0.0136. The van der Waals surface area contributed by atoms with Gasteiger partial charge in [-0.25, -0.2) is 22.9 Å². The predicted molar refractivity (Wildman–Crippen MR) is 122 cm³/mol. The number of aromatic nitrogens is 1. The van der Waals surface area contributed by atoms with Gasteiger partial charge in [-0.2, -0.15) is 0 Å². The van der Waals surface area contributed by atoms with E-state index in [0.717, 1.165) is 55.1 Å². The van der Waals surface area contributed by atoms with Crippen molar-refractivity contribution in [1.29, 1.82) is 0 Å². The second-order valence-corrected chi connectivity index (χ2v) is 10.8. The van der Waals surface area contributed by atoms with Crippen molar-refractivity contribution < 1.29 is 22.7 Å². The van der Waals surface area contributed by atoms with Gasteiger partial charge in [0.25, 0.3) is 0 Å². The van der Waals surface area contributed by atoms with Crippen molar-refractivity contribution in [3.05, 3.63) is 41.6 Å². The number of hydrogen-bond donors (Lipinski definition) is 2. The molecule has 32 heavy (non-hydrogen) atoms. The zero-order valence-corrected chi connectivity index (χ0v) is 19.4. The van der Waals surface area contributed by atoms with Gasteiger partial charge >= 0.3 is 6.03 Å². The number of anilines is 1. The summed E-state index contributed by atoms with van der Waals surface area (Å²) in [6.07, 6.45) is 6.97. The third-order valence-electron chi connectivity index (χ3n) is 5.78. The number of nitrogens with zero attached hydrogens (tertiary/aromatic N) is 1. The van der Waals surface area contributed by atoms with Crippen molar-refractivity contribution in [1.82, 2.24) is 9.71 Å². The van der Waals surface area contributed by atoms with E-state index in [1.807, 2.05) is 22.9 Å². The number of benzene rings is 1. The molecule has 9 heteroatoms. The Morgan fingerprint density at radius 1 is 1.25 bits per heavy atom. The van der Waals surface area contributed by atoms with Gasteiger partial charge in [-0.05, 0) is 55.9 Å². The molecule has 4 rings (SSSR count). The van der Waals surface area contributed by atoms with E-state index in [0.29, 0.717) is 18.2 Å². The molecule has 2 aromatic rings. The quantitative estimate of drug-likeness (QED) is 0.707. The van der Waals surface area contributed by atoms with E-state index in [1.165, 1.54) is 5.56 Å². The summed E-state index contributed by atoms with van der Waals surface area (Å²) in [5.74, 6) is 0.511. The molecule has 1 unspecified atom stereocenters. The minimum atomic E-state index is -3.67. The Kier molecular flexibility index (Phi) is 6.13. The van der Waals surface area contributed by atoms with Crippen LogP contribution in [0.4, 0.5) is 10.5 Å². The fraction of sp³-hybridized carbons (Fsp3) is 0.478. The second-order valence-electron chi connectivity index (χ2n) is 9.03. The van der Waals surface area contributed by atoms with Gasteiger partial charge < -0.3 is 14.8 Å². The first-order chi connectivity index (χ1) is 15.1. The molecule has 0 bridgehead atoms. The topological polar surface area (TPSA) is 107 Å². The predicted octanol–water partition coefficient (Wildman–Crippen LogP) is 3.65. The highest BCUT2D eigenvalue weighted by Crippen LogP contribution is 2.38. The molecule has 1 fully saturated rings. The number of nitrogens with one attached hydrogen (secondary N) is 2. The average molecular weight is 460 g/mol. The third kappa shape index (κ3) is 5.39. The molecule has 1 saturated heterocycles. The number of rotatable bonds is 5. The van der Waals surface area contributed by atoms with Gasteiger partial charge in [0.1, 0.15) is 6.10 Å². The summed E-state index contributed by atoms with van der Waals surface area (Å²) in [5.41, 5.74) is 4.24. The van der Waals surface area contributed by atoms with Crippen LogP contribution in [0, 0.1) is 0 Å². The van der Waals surface area contributed by atoms with Gasteiger partial charge in [0, 0.05) is 30.7 Å². The van der Waals surface area contributed by atoms with Crippen molar-refractivity contribution >= 4 is 21.7 Å². The van der Waals surface area contributed by atoms with Gasteiger partial charge in [-0.15, -0.1) is 0 Å². The SMILES string of the molecule is CC1(C)CC(Oc2cc(-c3ccc4c(c3NC(=O)NS(C)(=O)=O)CCC4)ccn2)CCO1. The zero-order valence-electron chi connectivity index (χ0n) is 18.6. The highest BCUT2D eigenvalue weighted by molar-refractivity contribution is 7.89. The van der Waals surface area contributed by atoms with Gasteiger partial charge in [0.05, 0.1) is 24.2 Å². The van der Waals surface area contributed by atoms with E-state index in [-0.39, 0.29) is 11.7 Å². The fourth-order valence-electron chi connectivity index (χ4n) is 4.45. The first kappa shape index (κ1) is 22.5. The number of aryl methyl sites for hydroxylation is 1. The van der Waals surface area contributed by atoms with Crippen molar-refractivity contribution in [3.8, 4) is 17.0 Å². The maximum absolute atomic E-state index is 12.4. The fourth-order valence-corrected chi connectivity index (χ4v) is 4.83. The molecule has 1 aliphatic heterocycles. The van der Waals surface area contributed by atoms with Crippen LogP contribution in [-0.2, 0) is 27.6 Å². The van der Waals surface area contributed by atoms with E-state index >= 15 is 0 Å². The monoisotopic (exact) mass is 459 g/mol. The smallest absolute Gasteiger partial charge is 0.332 e. The summed E-state index contributed by atoms with van der Waals surface area (Å²) < 4.78 is 36.9. The second kappa shape index (κ2) is 8.71. The Balaban J connectivity index is 1.63. The highest BCUT2D eigenvalue weighted by Gasteiger charge is 2.30. The van der Waals surface area contributed by atoms with Crippen LogP contribution in [-0.4, -0.2) is 44.0 Å². The molecule has 2 heterocycles. The molecule has 1 aromatic carbocycles. The number of ether oxygens (including phenoxy) is 2. The first-order valence-corrected chi connectivity index (χ1v) is 12.7. The van der Waals surface area contributed by atoms with Crippen molar-refractivity contribution in [3.63, 3.8) is 0 Å². The van der Waals surface area contributed by atoms with Crippen molar-refractivity contribution in [2.45, 2.75) is 57.7 Å². The van der Waals surface area contributed by atoms with Crippen LogP contribution in [0.5, 0.6) is 5.88 Å². The lowest BCUT2D eigenvalue weighted by Crippen LogP contribution is -2.39. The van der Waals surface area contributed by atoms with Crippen LogP contribution < -0.4 is 14.8 Å². The van der Waals surface area contributed by atoms with Crippen LogP contribution in [0.3, 0.4) is 0 Å². The van der Waals surface area contributed by atoms with Crippen LogP contribution in [0.25, 0.3) is 11.1 Å². The summed E-state index contributed by atoms with van der Waals surface area (Å²) in [6.45, 7) is 4.75. The Labute approximate surface area is 188 Å². The number of amides is 2. The van der Waals surface area contributed by atoms with E-state index < -0.39 is 16.1 Å². The molecular weight excluding hydrogens is 430 g/mol. The molecule has 1 aliphatic carbocycles. The number of hydrogen-bond acceptors (Lipinski definition) is 6. The normalized spacial score (nSPS) is 19.8. The van der Waals surface area contributed by atoms with Gasteiger partial charge in [-0.1, -0.05) is 12.1 Å². The maximum Gasteiger partial charge on any atom is 0.332 e. The molecule has 8 nitrogen and oxygen atoms in total. The lowest BCUT2D eigenvalue weighted by molar-refractivity contribution is -0.0904. The van der Waals surface area contributed by atoms with E-state index in [2.05, 4.69) is 30.2 Å². The number of pyridine rings is 1. The maximum atomic E-state index is 12.4. The lowest BCUT2D eigenvalue weighted by Gasteiger charge is -2.35. The Hall–Kier alpha value is -2.65. The molecule has 1 aromatic heterocycles. The van der Waals surface area contributed by atoms with E-state index in [4.69, 9.17) is 9.47 Å². The molecule has 2 aliphatic rings. The first-order valence-electron chi connectivity index (χ1n) is 10.8. The number of carbonyl (C=O) groups is 1. The minimum Gasteiger partial charge on any atom is -0.474 e. The van der Waals surface area contributed by atoms with E-state index in [1.54, 1.807) is 6.20 Å². The average Bonchev–Trinajstić information content (AvgIpc) is 3.15. The number of carbonyl (C=O) groups excluding carboxylic acids is 1. The standard InChI is InChI=1S/C23H29N3O5S/c1-23(2)14-17(10-12-30-23)31-20-13-16(9-11-24-20)19-8-7-15-5-4-6-18(15)21(19)25-22(27)26-32(3,28)29/h7-9,11,13,17H,4-6,10,12,14H2,1-3H3,(H2,25,26,27). The number of urea groups is 1. The molecule has 2 N–H and O–H groups in total. The van der Waals surface area contributed by atoms with E-state index in [9.17, 15) is 13.2 Å². The lowest BCUT2D eigenvalue weighted by atomic mass is 9.96. The zero-order chi connectivity index (χ0) is 22.9. The van der Waals surface area contributed by atoms with Gasteiger partial charge in [-0.3, -0.25) is 0 Å². The summed E-state index contributed by atoms with van der Waals surface area (Å²) in [5, 5.41) is 2.77. The number of fused-ring (bicyclic) bond motifs is 1. The largest absolute Gasteiger partial charge is 0.474 e. The molecule has 172 valence electrons. The molecule has 1 atom stereocenters. The van der Waals surface area contributed by atoms with Crippen LogP contribution in [0.1, 0.15) is 44.2 Å². The van der Waals surface area contributed by atoms with Crippen molar-refractivity contribution in [2.24, 2.45) is 0 Å². The Morgan fingerprint density at radius 3 is 2.81 bits per heavy atom. The summed E-state index contributed by atoms with van der Waals surface area (Å²) >= 11 is 0.